The number of hydrogen-bond acceptors (Lipinski definition) is 4. The molecule has 1 aromatic heterocycles. The lowest BCUT2D eigenvalue weighted by molar-refractivity contribution is -0.128. The lowest BCUT2D eigenvalue weighted by Crippen LogP contribution is -2.47. The van der Waals surface area contributed by atoms with E-state index >= 15 is 0 Å². The first-order valence-corrected chi connectivity index (χ1v) is 8.69. The van der Waals surface area contributed by atoms with E-state index in [2.05, 4.69) is 10.9 Å². The summed E-state index contributed by atoms with van der Waals surface area (Å²) in [6, 6.07) is 15.8. The number of carbonyl (C=O) groups excluding carboxylic acids is 2. The summed E-state index contributed by atoms with van der Waals surface area (Å²) >= 11 is 6.10. The van der Waals surface area contributed by atoms with Gasteiger partial charge in [-0.25, -0.2) is 4.39 Å². The number of amides is 2. The minimum Gasteiger partial charge on any atom is -0.478 e. The van der Waals surface area contributed by atoms with Gasteiger partial charge in [0.15, 0.2) is 23.4 Å². The van der Waals surface area contributed by atoms with Gasteiger partial charge in [0.2, 0.25) is 0 Å². The highest BCUT2D eigenvalue weighted by molar-refractivity contribution is 6.33. The molecule has 144 valence electrons. The number of halogens is 2. The third kappa shape index (κ3) is 4.50. The van der Waals surface area contributed by atoms with Crippen LogP contribution in [0.25, 0.3) is 11.3 Å². The number of hydrogen-bond donors (Lipinski definition) is 2. The zero-order valence-corrected chi connectivity index (χ0v) is 15.5. The predicted octanol–water partition coefficient (Wildman–Crippen LogP) is 3.97. The van der Waals surface area contributed by atoms with E-state index in [1.165, 1.54) is 31.2 Å². The molecule has 3 rings (SSSR count). The summed E-state index contributed by atoms with van der Waals surface area (Å²) in [7, 11) is 0. The van der Waals surface area contributed by atoms with Crippen LogP contribution in [0.1, 0.15) is 17.5 Å². The molecule has 28 heavy (non-hydrogen) atoms. The maximum atomic E-state index is 13.6. The first-order chi connectivity index (χ1) is 13.5. The lowest BCUT2D eigenvalue weighted by Gasteiger charge is -2.15. The lowest BCUT2D eigenvalue weighted by atomic mass is 10.2. The quantitative estimate of drug-likeness (QED) is 0.633. The topological polar surface area (TPSA) is 80.6 Å². The average molecular weight is 403 g/mol. The maximum absolute atomic E-state index is 13.6. The summed E-state index contributed by atoms with van der Waals surface area (Å²) < 4.78 is 24.3. The Morgan fingerprint density at radius 1 is 1.04 bits per heavy atom. The Balaban J connectivity index is 1.57. The summed E-state index contributed by atoms with van der Waals surface area (Å²) in [6.45, 7) is 1.43. The van der Waals surface area contributed by atoms with Crippen LogP contribution in [0.2, 0.25) is 5.02 Å². The molecule has 0 aliphatic rings. The van der Waals surface area contributed by atoms with Crippen LogP contribution in [-0.4, -0.2) is 17.9 Å². The number of carbonyl (C=O) groups is 2. The van der Waals surface area contributed by atoms with Crippen molar-refractivity contribution in [1.82, 2.24) is 10.9 Å². The normalized spacial score (nSPS) is 11.5. The van der Waals surface area contributed by atoms with Crippen LogP contribution in [-0.2, 0) is 4.79 Å². The molecular formula is C20H16ClFN2O4. The first kappa shape index (κ1) is 19.4. The van der Waals surface area contributed by atoms with E-state index in [4.69, 9.17) is 20.8 Å². The highest BCUT2D eigenvalue weighted by Crippen LogP contribution is 2.28. The fraction of sp³-hybridized carbons (Fsp3) is 0.100. The van der Waals surface area contributed by atoms with Crippen molar-refractivity contribution in [3.8, 4) is 17.1 Å². The molecule has 2 N–H and O–H groups in total. The minimum atomic E-state index is -1.03. The van der Waals surface area contributed by atoms with Crippen LogP contribution >= 0.6 is 11.6 Å². The van der Waals surface area contributed by atoms with Crippen molar-refractivity contribution in [3.63, 3.8) is 0 Å². The number of ether oxygens (including phenoxy) is 1. The fourth-order valence-electron chi connectivity index (χ4n) is 2.33. The molecular weight excluding hydrogens is 387 g/mol. The van der Waals surface area contributed by atoms with Crippen LogP contribution < -0.4 is 15.6 Å². The van der Waals surface area contributed by atoms with E-state index in [-0.39, 0.29) is 11.5 Å². The molecule has 0 saturated heterocycles. The third-order valence-electron chi connectivity index (χ3n) is 3.78. The molecule has 0 aliphatic heterocycles. The minimum absolute atomic E-state index is 0.0158. The van der Waals surface area contributed by atoms with E-state index in [0.717, 1.165) is 0 Å². The van der Waals surface area contributed by atoms with Crippen molar-refractivity contribution < 1.29 is 23.1 Å². The van der Waals surface area contributed by atoms with Gasteiger partial charge in [0.1, 0.15) is 5.76 Å². The second-order valence-electron chi connectivity index (χ2n) is 5.78. The maximum Gasteiger partial charge on any atom is 0.305 e. The monoisotopic (exact) mass is 402 g/mol. The molecule has 1 atom stereocenters. The standard InChI is InChI=1S/C20H16ClFN2O4/c1-12(27-17-9-5-4-8-15(17)22)19(25)23-24-20(26)18-11-10-16(28-18)13-6-2-3-7-14(13)21/h2-12H,1H3,(H,23,25)(H,24,26)/t12-/m1/s1. The van der Waals surface area contributed by atoms with Crippen LogP contribution in [0.5, 0.6) is 5.75 Å². The van der Waals surface area contributed by atoms with Crippen LogP contribution in [0.3, 0.4) is 0 Å². The summed E-state index contributed by atoms with van der Waals surface area (Å²) in [6.07, 6.45) is -1.03. The summed E-state index contributed by atoms with van der Waals surface area (Å²) in [5.41, 5.74) is 5.07. The number of nitrogens with one attached hydrogen (secondary N) is 2. The van der Waals surface area contributed by atoms with Gasteiger partial charge in [0, 0.05) is 5.56 Å². The molecule has 8 heteroatoms. The Hall–Kier alpha value is -3.32. The Labute approximate surface area is 165 Å². The molecule has 1 heterocycles. The molecule has 0 radical (unpaired) electrons. The van der Waals surface area contributed by atoms with Crippen LogP contribution in [0.15, 0.2) is 65.1 Å². The summed E-state index contributed by atoms with van der Waals surface area (Å²) in [4.78, 5) is 24.2. The molecule has 6 nitrogen and oxygen atoms in total. The zero-order chi connectivity index (χ0) is 20.1. The van der Waals surface area contributed by atoms with E-state index < -0.39 is 23.7 Å². The number of rotatable bonds is 5. The number of benzene rings is 2. The molecule has 0 aliphatic carbocycles. The van der Waals surface area contributed by atoms with E-state index in [9.17, 15) is 14.0 Å². The molecule has 0 unspecified atom stereocenters. The molecule has 2 aromatic carbocycles. The Morgan fingerprint density at radius 3 is 2.50 bits per heavy atom. The van der Waals surface area contributed by atoms with Crippen molar-refractivity contribution >= 4 is 23.4 Å². The molecule has 0 spiro atoms. The third-order valence-corrected chi connectivity index (χ3v) is 4.11. The van der Waals surface area contributed by atoms with Crippen LogP contribution in [0, 0.1) is 5.82 Å². The molecule has 0 fully saturated rings. The first-order valence-electron chi connectivity index (χ1n) is 8.32. The average Bonchev–Trinajstić information content (AvgIpc) is 3.18. The fourth-order valence-corrected chi connectivity index (χ4v) is 2.56. The molecule has 2 amide bonds. The van der Waals surface area contributed by atoms with Gasteiger partial charge in [0.25, 0.3) is 5.91 Å². The molecule has 3 aromatic rings. The Bertz CT molecular complexity index is 1010. The number of furan rings is 1. The SMILES string of the molecule is C[C@@H](Oc1ccccc1F)C(=O)NNC(=O)c1ccc(-c2ccccc2Cl)o1. The largest absolute Gasteiger partial charge is 0.478 e. The van der Waals surface area contributed by atoms with Gasteiger partial charge in [-0.05, 0) is 43.3 Å². The van der Waals surface area contributed by atoms with Gasteiger partial charge < -0.3 is 9.15 Å². The molecule has 0 saturated carbocycles. The smallest absolute Gasteiger partial charge is 0.305 e. The van der Waals surface area contributed by atoms with Gasteiger partial charge in [0.05, 0.1) is 5.02 Å². The van der Waals surface area contributed by atoms with E-state index in [1.54, 1.807) is 36.4 Å². The number of hydrazine groups is 1. The van der Waals surface area contributed by atoms with Crippen molar-refractivity contribution in [2.45, 2.75) is 13.0 Å². The second-order valence-corrected chi connectivity index (χ2v) is 6.18. The van der Waals surface area contributed by atoms with Gasteiger partial charge >= 0.3 is 5.91 Å². The Kier molecular flexibility index (Phi) is 5.96. The highest BCUT2D eigenvalue weighted by atomic mass is 35.5. The van der Waals surface area contributed by atoms with Crippen molar-refractivity contribution in [2.24, 2.45) is 0 Å². The zero-order valence-electron chi connectivity index (χ0n) is 14.7. The van der Waals surface area contributed by atoms with Crippen molar-refractivity contribution in [3.05, 3.63) is 77.3 Å². The van der Waals surface area contributed by atoms with Gasteiger partial charge in [-0.2, -0.15) is 0 Å². The van der Waals surface area contributed by atoms with Gasteiger partial charge in [-0.15, -0.1) is 0 Å². The van der Waals surface area contributed by atoms with Gasteiger partial charge in [-0.3, -0.25) is 20.4 Å². The van der Waals surface area contributed by atoms with Crippen molar-refractivity contribution in [1.29, 1.82) is 0 Å². The van der Waals surface area contributed by atoms with E-state index in [0.29, 0.717) is 16.3 Å². The number of para-hydroxylation sites is 1. The highest BCUT2D eigenvalue weighted by Gasteiger charge is 2.19. The van der Waals surface area contributed by atoms with Crippen LogP contribution in [0.4, 0.5) is 4.39 Å². The predicted molar refractivity (Wildman–Crippen MR) is 101 cm³/mol. The van der Waals surface area contributed by atoms with Gasteiger partial charge in [-0.1, -0.05) is 35.9 Å². The second kappa shape index (κ2) is 8.58. The van der Waals surface area contributed by atoms with E-state index in [1.807, 2.05) is 0 Å². The summed E-state index contributed by atoms with van der Waals surface area (Å²) in [5.74, 6) is -1.57. The summed E-state index contributed by atoms with van der Waals surface area (Å²) in [5, 5.41) is 0.483. The molecule has 0 bridgehead atoms. The van der Waals surface area contributed by atoms with Crippen molar-refractivity contribution in [2.75, 3.05) is 0 Å². The Morgan fingerprint density at radius 2 is 1.75 bits per heavy atom.